The molecule has 7 nitrogen and oxygen atoms in total. The fourth-order valence-electron chi connectivity index (χ4n) is 2.16. The van der Waals surface area contributed by atoms with E-state index in [9.17, 15) is 0 Å². The van der Waals surface area contributed by atoms with E-state index in [1.807, 2.05) is 25.1 Å². The van der Waals surface area contributed by atoms with Crippen molar-refractivity contribution in [3.05, 3.63) is 35.2 Å². The van der Waals surface area contributed by atoms with Gasteiger partial charge in [-0.25, -0.2) is 0 Å². The second-order valence-electron chi connectivity index (χ2n) is 4.54. The van der Waals surface area contributed by atoms with E-state index in [2.05, 4.69) is 20.4 Å². The Bertz CT molecular complexity index is 848. The van der Waals surface area contributed by atoms with Gasteiger partial charge in [0, 0.05) is 17.3 Å². The molecule has 8 heteroatoms. The van der Waals surface area contributed by atoms with E-state index in [0.29, 0.717) is 22.5 Å². The molecule has 1 aliphatic rings. The number of halogens is 1. The Labute approximate surface area is 124 Å². The molecule has 0 saturated heterocycles. The lowest BCUT2D eigenvalue weighted by Crippen LogP contribution is -2.05. The van der Waals surface area contributed by atoms with Crippen molar-refractivity contribution in [2.45, 2.75) is 6.92 Å². The van der Waals surface area contributed by atoms with Crippen LogP contribution in [0.15, 0.2) is 24.5 Å². The highest BCUT2D eigenvalue weighted by atomic mass is 35.5. The molecular weight excluding hydrogens is 294 g/mol. The van der Waals surface area contributed by atoms with Gasteiger partial charge in [-0.2, -0.15) is 19.6 Å². The average molecular weight is 304 g/mol. The molecule has 3 heterocycles. The van der Waals surface area contributed by atoms with Crippen LogP contribution < -0.4 is 14.8 Å². The molecule has 0 amide bonds. The van der Waals surface area contributed by atoms with Gasteiger partial charge in [0.25, 0.3) is 5.78 Å². The van der Waals surface area contributed by atoms with Crippen molar-refractivity contribution in [3.8, 4) is 11.5 Å². The minimum Gasteiger partial charge on any atom is -0.454 e. The van der Waals surface area contributed by atoms with Crippen LogP contribution in [0.5, 0.6) is 11.5 Å². The van der Waals surface area contributed by atoms with Crippen molar-refractivity contribution in [1.82, 2.24) is 19.6 Å². The predicted molar refractivity (Wildman–Crippen MR) is 76.4 cm³/mol. The molecule has 0 atom stereocenters. The van der Waals surface area contributed by atoms with Crippen molar-refractivity contribution >= 4 is 28.9 Å². The van der Waals surface area contributed by atoms with E-state index in [1.165, 1.54) is 6.33 Å². The topological polar surface area (TPSA) is 73.6 Å². The zero-order valence-corrected chi connectivity index (χ0v) is 11.8. The van der Waals surface area contributed by atoms with Gasteiger partial charge in [0.05, 0.1) is 0 Å². The van der Waals surface area contributed by atoms with Gasteiger partial charge in [0.2, 0.25) is 6.79 Å². The van der Waals surface area contributed by atoms with Gasteiger partial charge in [-0.1, -0.05) is 11.6 Å². The smallest absolute Gasteiger partial charge is 0.255 e. The predicted octanol–water partition coefficient (Wildman–Crippen LogP) is 2.56. The maximum atomic E-state index is 6.13. The van der Waals surface area contributed by atoms with Crippen molar-refractivity contribution in [2.24, 2.45) is 0 Å². The molecule has 0 bridgehead atoms. The summed E-state index contributed by atoms with van der Waals surface area (Å²) in [4.78, 5) is 8.22. The van der Waals surface area contributed by atoms with Crippen molar-refractivity contribution in [2.75, 3.05) is 12.1 Å². The Hall–Kier alpha value is -2.54. The molecule has 0 aliphatic carbocycles. The standard InChI is InChI=1S/C13H10ClN5O2/c1-7-11(14)18-13-15-5-16-19(13)12(7)17-8-2-3-9-10(4-8)21-6-20-9/h2-5,17H,6H2,1H3. The number of nitrogens with zero attached hydrogens (tertiary/aromatic N) is 4. The number of anilines is 2. The molecule has 0 fully saturated rings. The van der Waals surface area contributed by atoms with Gasteiger partial charge in [0.1, 0.15) is 17.3 Å². The van der Waals surface area contributed by atoms with Crippen LogP contribution in [0.4, 0.5) is 11.5 Å². The van der Waals surface area contributed by atoms with Gasteiger partial charge in [0.15, 0.2) is 11.5 Å². The third-order valence-corrected chi connectivity index (χ3v) is 3.61. The van der Waals surface area contributed by atoms with Gasteiger partial charge in [-0.15, -0.1) is 0 Å². The van der Waals surface area contributed by atoms with Gasteiger partial charge >= 0.3 is 0 Å². The van der Waals surface area contributed by atoms with E-state index in [-0.39, 0.29) is 6.79 Å². The van der Waals surface area contributed by atoms with Crippen LogP contribution in [0.2, 0.25) is 5.15 Å². The minimum atomic E-state index is 0.242. The fraction of sp³-hybridized carbons (Fsp3) is 0.154. The molecule has 1 aliphatic heterocycles. The van der Waals surface area contributed by atoms with E-state index in [4.69, 9.17) is 21.1 Å². The quantitative estimate of drug-likeness (QED) is 0.733. The summed E-state index contributed by atoms with van der Waals surface area (Å²) in [5.74, 6) is 2.58. The summed E-state index contributed by atoms with van der Waals surface area (Å²) < 4.78 is 12.3. The largest absolute Gasteiger partial charge is 0.454 e. The molecule has 3 aromatic rings. The molecule has 21 heavy (non-hydrogen) atoms. The van der Waals surface area contributed by atoms with Crippen molar-refractivity contribution in [3.63, 3.8) is 0 Å². The summed E-state index contributed by atoms with van der Waals surface area (Å²) in [6.45, 7) is 2.11. The van der Waals surface area contributed by atoms with Gasteiger partial charge in [-0.3, -0.25) is 0 Å². The Kier molecular flexibility index (Phi) is 2.61. The monoisotopic (exact) mass is 303 g/mol. The average Bonchev–Trinajstić information content (AvgIpc) is 3.11. The maximum Gasteiger partial charge on any atom is 0.255 e. The number of fused-ring (bicyclic) bond motifs is 2. The first kappa shape index (κ1) is 12.2. The van der Waals surface area contributed by atoms with Gasteiger partial charge < -0.3 is 14.8 Å². The fourth-order valence-corrected chi connectivity index (χ4v) is 2.32. The lowest BCUT2D eigenvalue weighted by atomic mass is 10.2. The molecule has 2 aromatic heterocycles. The first-order valence-corrected chi connectivity index (χ1v) is 6.63. The van der Waals surface area contributed by atoms with E-state index in [0.717, 1.165) is 17.0 Å². The number of nitrogens with one attached hydrogen (secondary N) is 1. The molecule has 1 N–H and O–H groups in total. The highest BCUT2D eigenvalue weighted by molar-refractivity contribution is 6.30. The first-order valence-electron chi connectivity index (χ1n) is 6.25. The zero-order chi connectivity index (χ0) is 14.4. The summed E-state index contributed by atoms with van der Waals surface area (Å²) in [6.07, 6.45) is 1.43. The van der Waals surface area contributed by atoms with Crippen LogP contribution >= 0.6 is 11.6 Å². The summed E-state index contributed by atoms with van der Waals surface area (Å²) in [7, 11) is 0. The van der Waals surface area contributed by atoms with Crippen LogP contribution in [-0.4, -0.2) is 26.4 Å². The van der Waals surface area contributed by atoms with Crippen LogP contribution in [0.1, 0.15) is 5.56 Å². The number of hydrogen-bond donors (Lipinski definition) is 1. The van der Waals surface area contributed by atoms with Crippen LogP contribution in [0.25, 0.3) is 5.78 Å². The number of aromatic nitrogens is 4. The summed E-state index contributed by atoms with van der Waals surface area (Å²) in [5, 5.41) is 7.82. The van der Waals surface area contributed by atoms with Gasteiger partial charge in [-0.05, 0) is 19.1 Å². The third kappa shape index (κ3) is 1.93. The number of hydrogen-bond acceptors (Lipinski definition) is 6. The van der Waals surface area contributed by atoms with Crippen LogP contribution in [-0.2, 0) is 0 Å². The highest BCUT2D eigenvalue weighted by Gasteiger charge is 2.16. The summed E-state index contributed by atoms with van der Waals surface area (Å²) in [6, 6.07) is 5.60. The third-order valence-electron chi connectivity index (χ3n) is 3.24. The van der Waals surface area contributed by atoms with Crippen molar-refractivity contribution in [1.29, 1.82) is 0 Å². The molecule has 106 valence electrons. The number of rotatable bonds is 2. The molecule has 0 spiro atoms. The lowest BCUT2D eigenvalue weighted by molar-refractivity contribution is 0.174. The second kappa shape index (κ2) is 4.49. The molecule has 0 saturated carbocycles. The number of benzene rings is 1. The van der Waals surface area contributed by atoms with E-state index in [1.54, 1.807) is 4.52 Å². The molecule has 0 unspecified atom stereocenters. The molecule has 1 aromatic carbocycles. The van der Waals surface area contributed by atoms with E-state index >= 15 is 0 Å². The van der Waals surface area contributed by atoms with E-state index < -0.39 is 0 Å². The Morgan fingerprint density at radius 2 is 2.14 bits per heavy atom. The van der Waals surface area contributed by atoms with Crippen LogP contribution in [0.3, 0.4) is 0 Å². The number of ether oxygens (including phenoxy) is 2. The molecule has 4 rings (SSSR count). The Morgan fingerprint density at radius 1 is 1.29 bits per heavy atom. The second-order valence-corrected chi connectivity index (χ2v) is 4.90. The Morgan fingerprint density at radius 3 is 3.05 bits per heavy atom. The lowest BCUT2D eigenvalue weighted by Gasteiger charge is -2.12. The SMILES string of the molecule is Cc1c(Cl)nc2ncnn2c1Nc1ccc2c(c1)OCO2. The molecule has 0 radical (unpaired) electrons. The van der Waals surface area contributed by atoms with Crippen molar-refractivity contribution < 1.29 is 9.47 Å². The molecular formula is C13H10ClN5O2. The first-order chi connectivity index (χ1) is 10.2. The normalized spacial score (nSPS) is 12.9. The minimum absolute atomic E-state index is 0.242. The van der Waals surface area contributed by atoms with Crippen LogP contribution in [0, 0.1) is 6.92 Å². The maximum absolute atomic E-state index is 6.13. The summed E-state index contributed by atoms with van der Waals surface area (Å²) in [5.41, 5.74) is 1.62. The summed E-state index contributed by atoms with van der Waals surface area (Å²) >= 11 is 6.13. The highest BCUT2D eigenvalue weighted by Crippen LogP contribution is 2.35. The zero-order valence-electron chi connectivity index (χ0n) is 11.0. The Balaban J connectivity index is 1.80.